The molecule has 0 aliphatic carbocycles. The van der Waals surface area contributed by atoms with Gasteiger partial charge in [0.2, 0.25) is 0 Å². The van der Waals surface area contributed by atoms with Gasteiger partial charge in [0.15, 0.2) is 0 Å². The largest absolute Gasteiger partial charge is 0.345 e. The van der Waals surface area contributed by atoms with Crippen molar-refractivity contribution in [3.05, 3.63) is 113 Å². The first-order valence-electron chi connectivity index (χ1n) is 10.7. The number of fused-ring (bicyclic) bond motifs is 1. The van der Waals surface area contributed by atoms with Crippen molar-refractivity contribution in [1.29, 1.82) is 5.26 Å². The molecule has 0 bridgehead atoms. The van der Waals surface area contributed by atoms with E-state index in [9.17, 15) is 10.1 Å². The number of aromatic nitrogens is 1. The van der Waals surface area contributed by atoms with Gasteiger partial charge in [-0.25, -0.2) is 0 Å². The minimum Gasteiger partial charge on any atom is -0.345 e. The van der Waals surface area contributed by atoms with Crippen LogP contribution in [0.15, 0.2) is 90.6 Å². The Morgan fingerprint density at radius 2 is 1.72 bits per heavy atom. The number of benzene rings is 3. The van der Waals surface area contributed by atoms with E-state index in [1.807, 2.05) is 61.7 Å². The van der Waals surface area contributed by atoms with Crippen molar-refractivity contribution >= 4 is 22.9 Å². The molecule has 1 aromatic heterocycles. The summed E-state index contributed by atoms with van der Waals surface area (Å²) in [6.07, 6.45) is 3.69. The van der Waals surface area contributed by atoms with E-state index in [-0.39, 0.29) is 17.5 Å². The van der Waals surface area contributed by atoms with Crippen LogP contribution in [-0.2, 0) is 11.3 Å². The number of amides is 1. The van der Waals surface area contributed by atoms with Gasteiger partial charge < -0.3 is 9.88 Å². The van der Waals surface area contributed by atoms with Gasteiger partial charge >= 0.3 is 0 Å². The molecule has 32 heavy (non-hydrogen) atoms. The van der Waals surface area contributed by atoms with Crippen molar-refractivity contribution in [3.8, 4) is 6.07 Å². The number of rotatable bonds is 6. The molecular formula is C28H25N3O. The third-order valence-electron chi connectivity index (χ3n) is 5.61. The Bertz CT molecular complexity index is 1310. The highest BCUT2D eigenvalue weighted by molar-refractivity contribution is 6.04. The van der Waals surface area contributed by atoms with Crippen molar-refractivity contribution in [1.82, 2.24) is 9.88 Å². The van der Waals surface area contributed by atoms with E-state index in [4.69, 9.17) is 0 Å². The molecule has 4 aromatic rings. The van der Waals surface area contributed by atoms with Crippen LogP contribution in [0.5, 0.6) is 0 Å². The average molecular weight is 420 g/mol. The Hall–Kier alpha value is -4.10. The number of carbonyl (C=O) groups is 1. The monoisotopic (exact) mass is 419 g/mol. The molecule has 0 spiro atoms. The second-order valence-electron chi connectivity index (χ2n) is 7.99. The SMILES string of the molecule is Cc1ccc(Cn2cc(/C=C(/C#N)C(=O)N[C@H](C)c3ccccc3)c3ccccc32)cc1. The molecule has 4 heteroatoms. The van der Waals surface area contributed by atoms with Crippen LogP contribution in [0.4, 0.5) is 0 Å². The Kier molecular flexibility index (Phi) is 6.19. The van der Waals surface area contributed by atoms with Gasteiger partial charge in [0, 0.05) is 29.2 Å². The Morgan fingerprint density at radius 1 is 1.03 bits per heavy atom. The summed E-state index contributed by atoms with van der Waals surface area (Å²) in [5, 5.41) is 13.6. The van der Waals surface area contributed by atoms with Crippen molar-refractivity contribution < 1.29 is 4.79 Å². The maximum atomic E-state index is 12.8. The van der Waals surface area contributed by atoms with Crippen molar-refractivity contribution in [2.24, 2.45) is 0 Å². The molecule has 0 saturated carbocycles. The highest BCUT2D eigenvalue weighted by Crippen LogP contribution is 2.25. The number of carbonyl (C=O) groups excluding carboxylic acids is 1. The van der Waals surface area contributed by atoms with Crippen molar-refractivity contribution in [2.75, 3.05) is 0 Å². The molecule has 0 fully saturated rings. The zero-order valence-electron chi connectivity index (χ0n) is 18.2. The van der Waals surface area contributed by atoms with E-state index in [1.165, 1.54) is 11.1 Å². The summed E-state index contributed by atoms with van der Waals surface area (Å²) in [4.78, 5) is 12.8. The zero-order valence-corrected chi connectivity index (χ0v) is 18.2. The quantitative estimate of drug-likeness (QED) is 0.318. The molecule has 1 heterocycles. The number of hydrogen-bond donors (Lipinski definition) is 1. The van der Waals surface area contributed by atoms with Gasteiger partial charge in [0.25, 0.3) is 5.91 Å². The average Bonchev–Trinajstić information content (AvgIpc) is 3.16. The van der Waals surface area contributed by atoms with Gasteiger partial charge in [0.05, 0.1) is 6.04 Å². The first kappa shape index (κ1) is 21.1. The predicted octanol–water partition coefficient (Wildman–Crippen LogP) is 5.78. The summed E-state index contributed by atoms with van der Waals surface area (Å²) in [5.41, 5.74) is 5.42. The van der Waals surface area contributed by atoms with Crippen LogP contribution in [-0.4, -0.2) is 10.5 Å². The lowest BCUT2D eigenvalue weighted by atomic mass is 10.1. The van der Waals surface area contributed by atoms with E-state index in [1.54, 1.807) is 6.08 Å². The summed E-state index contributed by atoms with van der Waals surface area (Å²) < 4.78 is 2.16. The molecule has 1 N–H and O–H groups in total. The van der Waals surface area contributed by atoms with Gasteiger partial charge in [-0.3, -0.25) is 4.79 Å². The van der Waals surface area contributed by atoms with Gasteiger partial charge in [-0.1, -0.05) is 78.4 Å². The molecule has 0 aliphatic rings. The Morgan fingerprint density at radius 3 is 2.44 bits per heavy atom. The number of para-hydroxylation sites is 1. The van der Waals surface area contributed by atoms with Crippen LogP contribution in [0, 0.1) is 18.3 Å². The minimum absolute atomic E-state index is 0.0889. The molecule has 4 nitrogen and oxygen atoms in total. The van der Waals surface area contributed by atoms with Gasteiger partial charge in [-0.2, -0.15) is 5.26 Å². The highest BCUT2D eigenvalue weighted by atomic mass is 16.1. The summed E-state index contributed by atoms with van der Waals surface area (Å²) in [5.74, 6) is -0.376. The van der Waals surface area contributed by atoms with Gasteiger partial charge in [-0.05, 0) is 37.1 Å². The Labute approximate surface area is 188 Å². The standard InChI is InChI=1S/C28H25N3O/c1-20-12-14-22(15-13-20)18-31-19-25(26-10-6-7-11-27(26)31)16-24(17-29)28(32)30-21(2)23-8-4-3-5-9-23/h3-16,19,21H,18H2,1-2H3,(H,30,32)/b24-16-/t21-/m1/s1. The van der Waals surface area contributed by atoms with Crippen LogP contribution in [0.2, 0.25) is 0 Å². The molecule has 4 rings (SSSR count). The van der Waals surface area contributed by atoms with E-state index < -0.39 is 0 Å². The summed E-state index contributed by atoms with van der Waals surface area (Å²) in [6.45, 7) is 4.70. The molecule has 1 atom stereocenters. The molecule has 0 aliphatic heterocycles. The molecule has 0 saturated heterocycles. The highest BCUT2D eigenvalue weighted by Gasteiger charge is 2.15. The van der Waals surface area contributed by atoms with Crippen molar-refractivity contribution in [2.45, 2.75) is 26.4 Å². The molecule has 3 aromatic carbocycles. The van der Waals surface area contributed by atoms with Crippen LogP contribution in [0.1, 0.15) is 35.2 Å². The van der Waals surface area contributed by atoms with Crippen LogP contribution >= 0.6 is 0 Å². The van der Waals surface area contributed by atoms with Crippen molar-refractivity contribution in [3.63, 3.8) is 0 Å². The maximum Gasteiger partial charge on any atom is 0.262 e. The minimum atomic E-state index is -0.376. The maximum absolute atomic E-state index is 12.8. The first-order chi connectivity index (χ1) is 15.5. The third-order valence-corrected chi connectivity index (χ3v) is 5.61. The predicted molar refractivity (Wildman–Crippen MR) is 129 cm³/mol. The normalized spacial score (nSPS) is 12.3. The fourth-order valence-corrected chi connectivity index (χ4v) is 3.81. The number of nitrogens with one attached hydrogen (secondary N) is 1. The number of nitriles is 1. The fourth-order valence-electron chi connectivity index (χ4n) is 3.81. The van der Waals surface area contributed by atoms with E-state index >= 15 is 0 Å². The molecule has 0 radical (unpaired) electrons. The number of hydrogen-bond acceptors (Lipinski definition) is 2. The topological polar surface area (TPSA) is 57.8 Å². The van der Waals surface area contributed by atoms with Crippen LogP contribution in [0.25, 0.3) is 17.0 Å². The summed E-state index contributed by atoms with van der Waals surface area (Å²) in [7, 11) is 0. The second kappa shape index (κ2) is 9.36. The molecule has 1 amide bonds. The zero-order chi connectivity index (χ0) is 22.5. The summed E-state index contributed by atoms with van der Waals surface area (Å²) >= 11 is 0. The third kappa shape index (κ3) is 4.63. The van der Waals surface area contributed by atoms with E-state index in [2.05, 4.69) is 53.2 Å². The van der Waals surface area contributed by atoms with Crippen LogP contribution in [0.3, 0.4) is 0 Å². The van der Waals surface area contributed by atoms with Crippen LogP contribution < -0.4 is 5.32 Å². The van der Waals surface area contributed by atoms with E-state index in [0.29, 0.717) is 6.54 Å². The van der Waals surface area contributed by atoms with E-state index in [0.717, 1.165) is 22.0 Å². The lowest BCUT2D eigenvalue weighted by Crippen LogP contribution is -2.27. The smallest absolute Gasteiger partial charge is 0.262 e. The van der Waals surface area contributed by atoms with Gasteiger partial charge in [0.1, 0.15) is 11.6 Å². The first-order valence-corrected chi connectivity index (χ1v) is 10.7. The Balaban J connectivity index is 1.63. The van der Waals surface area contributed by atoms with Gasteiger partial charge in [-0.15, -0.1) is 0 Å². The molecular weight excluding hydrogens is 394 g/mol. The number of nitrogens with zero attached hydrogens (tertiary/aromatic N) is 2. The molecule has 0 unspecified atom stereocenters. The fraction of sp³-hybridized carbons (Fsp3) is 0.143. The molecule has 158 valence electrons. The lowest BCUT2D eigenvalue weighted by molar-refractivity contribution is -0.117. The second-order valence-corrected chi connectivity index (χ2v) is 7.99. The number of aryl methyl sites for hydroxylation is 1. The lowest BCUT2D eigenvalue weighted by Gasteiger charge is -2.13. The summed E-state index contributed by atoms with van der Waals surface area (Å²) in [6, 6.07) is 28.1.